The lowest BCUT2D eigenvalue weighted by Gasteiger charge is -2.35. The van der Waals surface area contributed by atoms with Crippen LogP contribution >= 0.6 is 0 Å². The van der Waals surface area contributed by atoms with Gasteiger partial charge in [-0.15, -0.1) is 15.3 Å². The molecule has 30 heavy (non-hydrogen) atoms. The molecule has 0 atom stereocenters. The fourth-order valence-electron chi connectivity index (χ4n) is 3.60. The van der Waals surface area contributed by atoms with Crippen molar-refractivity contribution in [1.82, 2.24) is 39.3 Å². The third-order valence-corrected chi connectivity index (χ3v) is 5.13. The van der Waals surface area contributed by atoms with E-state index in [1.165, 1.54) is 12.4 Å². The Balaban J connectivity index is 1.38. The Morgan fingerprint density at radius 1 is 0.967 bits per heavy atom. The predicted molar refractivity (Wildman–Crippen MR) is 101 cm³/mol. The standard InChI is InChI=1S/C17H17F3N10/c1-2-27-10-23-13-14(27)21-9-22-15(13)29-7-5-28(6-8-29)12-4-3-11-24-25-16(17(18,19)20)30(11)26-12/h3-4,9-10H,2,5-8H2,1H3. The van der Waals surface area contributed by atoms with Gasteiger partial charge in [0.05, 0.1) is 6.33 Å². The van der Waals surface area contributed by atoms with Gasteiger partial charge < -0.3 is 14.4 Å². The van der Waals surface area contributed by atoms with Crippen molar-refractivity contribution in [2.24, 2.45) is 0 Å². The lowest BCUT2D eigenvalue weighted by Crippen LogP contribution is -2.47. The van der Waals surface area contributed by atoms with Gasteiger partial charge in [0, 0.05) is 32.7 Å². The summed E-state index contributed by atoms with van der Waals surface area (Å²) in [5, 5.41) is 10.9. The van der Waals surface area contributed by atoms with Crippen LogP contribution in [0.5, 0.6) is 0 Å². The molecule has 0 radical (unpaired) electrons. The summed E-state index contributed by atoms with van der Waals surface area (Å²) in [6.45, 7) is 5.17. The molecule has 5 rings (SSSR count). The number of hydrogen-bond acceptors (Lipinski definition) is 8. The first-order valence-corrected chi connectivity index (χ1v) is 9.41. The van der Waals surface area contributed by atoms with Crippen LogP contribution in [0.25, 0.3) is 16.8 Å². The monoisotopic (exact) mass is 418 g/mol. The van der Waals surface area contributed by atoms with Crippen molar-refractivity contribution in [2.75, 3.05) is 36.0 Å². The molecule has 156 valence electrons. The first kappa shape index (κ1) is 18.5. The quantitative estimate of drug-likeness (QED) is 0.496. The molecule has 1 fully saturated rings. The molecule has 1 aliphatic heterocycles. The smallest absolute Gasteiger partial charge is 0.352 e. The zero-order chi connectivity index (χ0) is 20.9. The summed E-state index contributed by atoms with van der Waals surface area (Å²) >= 11 is 0. The maximum atomic E-state index is 13.1. The summed E-state index contributed by atoms with van der Waals surface area (Å²) in [6, 6.07) is 3.15. The highest BCUT2D eigenvalue weighted by Crippen LogP contribution is 2.28. The van der Waals surface area contributed by atoms with E-state index in [1.54, 1.807) is 12.4 Å². The Morgan fingerprint density at radius 2 is 1.73 bits per heavy atom. The van der Waals surface area contributed by atoms with Crippen LogP contribution < -0.4 is 9.80 Å². The van der Waals surface area contributed by atoms with Crippen molar-refractivity contribution in [2.45, 2.75) is 19.6 Å². The minimum Gasteiger partial charge on any atom is -0.352 e. The number of imidazole rings is 1. The lowest BCUT2D eigenvalue weighted by molar-refractivity contribution is -0.146. The van der Waals surface area contributed by atoms with Crippen LogP contribution in [0, 0.1) is 0 Å². The number of anilines is 2. The predicted octanol–water partition coefficient (Wildman–Crippen LogP) is 1.63. The van der Waals surface area contributed by atoms with Crippen molar-refractivity contribution in [3.63, 3.8) is 0 Å². The van der Waals surface area contributed by atoms with Crippen LogP contribution in [0.4, 0.5) is 24.8 Å². The molecule has 1 saturated heterocycles. The first-order valence-electron chi connectivity index (χ1n) is 9.41. The van der Waals surface area contributed by atoms with Gasteiger partial charge >= 0.3 is 6.18 Å². The first-order chi connectivity index (χ1) is 14.5. The number of rotatable bonds is 3. The second kappa shape index (κ2) is 6.78. The molecule has 0 amide bonds. The SMILES string of the molecule is CCn1cnc2c(N3CCN(c4ccc5nnc(C(F)(F)F)n5n4)CC3)ncnc21. The number of piperazine rings is 1. The van der Waals surface area contributed by atoms with E-state index in [0.717, 1.165) is 28.0 Å². The number of fused-ring (bicyclic) bond motifs is 2. The van der Waals surface area contributed by atoms with Gasteiger partial charge in [0.1, 0.15) is 12.1 Å². The van der Waals surface area contributed by atoms with E-state index < -0.39 is 12.0 Å². The van der Waals surface area contributed by atoms with Gasteiger partial charge in [0.2, 0.25) is 0 Å². The summed E-state index contributed by atoms with van der Waals surface area (Å²) in [7, 11) is 0. The highest BCUT2D eigenvalue weighted by molar-refractivity contribution is 5.83. The largest absolute Gasteiger partial charge is 0.453 e. The molecule has 4 aromatic heterocycles. The molecule has 1 aliphatic rings. The van der Waals surface area contributed by atoms with Crippen LogP contribution in [0.3, 0.4) is 0 Å². The Kier molecular flexibility index (Phi) is 4.18. The zero-order valence-electron chi connectivity index (χ0n) is 16.0. The number of aromatic nitrogens is 8. The molecular weight excluding hydrogens is 401 g/mol. The van der Waals surface area contributed by atoms with E-state index in [-0.39, 0.29) is 5.65 Å². The second-order valence-corrected chi connectivity index (χ2v) is 6.86. The number of alkyl halides is 3. The highest BCUT2D eigenvalue weighted by atomic mass is 19.4. The molecule has 10 nitrogen and oxygen atoms in total. The second-order valence-electron chi connectivity index (χ2n) is 6.86. The molecule has 0 spiro atoms. The summed E-state index contributed by atoms with van der Waals surface area (Å²) in [4.78, 5) is 17.2. The molecule has 0 unspecified atom stereocenters. The highest BCUT2D eigenvalue weighted by Gasteiger charge is 2.38. The van der Waals surface area contributed by atoms with Gasteiger partial charge in [-0.05, 0) is 19.1 Å². The van der Waals surface area contributed by atoms with Crippen LogP contribution in [-0.4, -0.2) is 65.5 Å². The maximum absolute atomic E-state index is 13.1. The number of halogens is 3. The Hall–Kier alpha value is -3.51. The summed E-state index contributed by atoms with van der Waals surface area (Å²) in [5.41, 5.74) is 1.58. The van der Waals surface area contributed by atoms with Gasteiger partial charge in [-0.1, -0.05) is 0 Å². The molecule has 0 aliphatic carbocycles. The van der Waals surface area contributed by atoms with Crippen molar-refractivity contribution in [1.29, 1.82) is 0 Å². The van der Waals surface area contributed by atoms with Crippen LogP contribution in [0.1, 0.15) is 12.7 Å². The van der Waals surface area contributed by atoms with E-state index in [9.17, 15) is 13.2 Å². The van der Waals surface area contributed by atoms with E-state index >= 15 is 0 Å². The molecule has 0 bridgehead atoms. The lowest BCUT2D eigenvalue weighted by atomic mass is 10.3. The molecule has 13 heteroatoms. The third-order valence-electron chi connectivity index (χ3n) is 5.13. The molecule has 0 saturated carbocycles. The fourth-order valence-corrected chi connectivity index (χ4v) is 3.60. The fraction of sp³-hybridized carbons (Fsp3) is 0.412. The summed E-state index contributed by atoms with van der Waals surface area (Å²) in [5.74, 6) is 0.0665. The molecule has 0 aromatic carbocycles. The van der Waals surface area contributed by atoms with Gasteiger partial charge in [-0.2, -0.15) is 17.7 Å². The van der Waals surface area contributed by atoms with Gasteiger partial charge in [0.15, 0.2) is 22.6 Å². The van der Waals surface area contributed by atoms with Crippen LogP contribution in [0.15, 0.2) is 24.8 Å². The van der Waals surface area contributed by atoms with Gasteiger partial charge in [-0.3, -0.25) is 0 Å². The van der Waals surface area contributed by atoms with Crippen molar-refractivity contribution < 1.29 is 13.2 Å². The average Bonchev–Trinajstić information content (AvgIpc) is 3.37. The molecule has 5 heterocycles. The summed E-state index contributed by atoms with van der Waals surface area (Å²) < 4.78 is 42.0. The van der Waals surface area contributed by atoms with Crippen molar-refractivity contribution >= 4 is 28.4 Å². The average molecular weight is 418 g/mol. The minimum absolute atomic E-state index is 0.0552. The van der Waals surface area contributed by atoms with Crippen LogP contribution in [0.2, 0.25) is 0 Å². The molecule has 0 N–H and O–H groups in total. The van der Waals surface area contributed by atoms with E-state index in [1.807, 2.05) is 16.4 Å². The summed E-state index contributed by atoms with van der Waals surface area (Å²) in [6.07, 6.45) is -1.35. The molecular formula is C17H17F3N10. The molecule has 4 aromatic rings. The van der Waals surface area contributed by atoms with Gasteiger partial charge in [-0.25, -0.2) is 15.0 Å². The Morgan fingerprint density at radius 3 is 2.47 bits per heavy atom. The zero-order valence-corrected chi connectivity index (χ0v) is 16.0. The Bertz CT molecular complexity index is 1210. The maximum Gasteiger partial charge on any atom is 0.453 e. The van der Waals surface area contributed by atoms with E-state index in [2.05, 4.69) is 35.1 Å². The van der Waals surface area contributed by atoms with E-state index in [0.29, 0.717) is 32.0 Å². The number of aryl methyl sites for hydroxylation is 1. The van der Waals surface area contributed by atoms with Crippen molar-refractivity contribution in [3.8, 4) is 0 Å². The number of nitrogens with zero attached hydrogens (tertiary/aromatic N) is 10. The Labute approximate surface area is 168 Å². The normalized spacial score (nSPS) is 15.5. The minimum atomic E-state index is -4.62. The van der Waals surface area contributed by atoms with E-state index in [4.69, 9.17) is 0 Å². The topological polar surface area (TPSA) is 93.2 Å². The number of hydrogen-bond donors (Lipinski definition) is 0. The van der Waals surface area contributed by atoms with Crippen LogP contribution in [-0.2, 0) is 12.7 Å². The van der Waals surface area contributed by atoms with Gasteiger partial charge in [0.25, 0.3) is 5.82 Å². The van der Waals surface area contributed by atoms with Crippen molar-refractivity contribution in [3.05, 3.63) is 30.6 Å². The third kappa shape index (κ3) is 2.97.